The quantitative estimate of drug-likeness (QED) is 0.426. The summed E-state index contributed by atoms with van der Waals surface area (Å²) in [6.45, 7) is 8.25. The summed E-state index contributed by atoms with van der Waals surface area (Å²) >= 11 is 0. The van der Waals surface area contributed by atoms with Crippen molar-refractivity contribution in [3.05, 3.63) is 71.4 Å². The number of carbonyl (C=O) groups excluding carboxylic acids is 2. The van der Waals surface area contributed by atoms with E-state index in [1.54, 1.807) is 37.3 Å². The summed E-state index contributed by atoms with van der Waals surface area (Å²) in [7, 11) is 0. The average Bonchev–Trinajstić information content (AvgIpc) is 2.69. The number of esters is 1. The summed E-state index contributed by atoms with van der Waals surface area (Å²) < 4.78 is 4.80. The molecule has 0 bridgehead atoms. The van der Waals surface area contributed by atoms with E-state index in [9.17, 15) is 9.59 Å². The third-order valence-electron chi connectivity index (χ3n) is 4.15. The number of hydrogen-bond donors (Lipinski definition) is 2. The van der Waals surface area contributed by atoms with E-state index < -0.39 is 5.97 Å². The maximum Gasteiger partial charge on any atom is 0.350 e. The number of rotatable bonds is 6. The Balaban J connectivity index is 2.01. The molecule has 2 aromatic rings. The fourth-order valence-corrected chi connectivity index (χ4v) is 2.48. The first kappa shape index (κ1) is 21.7. The highest BCUT2D eigenvalue weighted by Gasteiger charge is 2.14. The third-order valence-corrected chi connectivity index (χ3v) is 4.15. The minimum absolute atomic E-state index is 0.0327. The number of nitriles is 1. The highest BCUT2D eigenvalue weighted by atomic mass is 16.5. The normalized spacial score (nSPS) is 11.3. The maximum absolute atomic E-state index is 12.4. The largest absolute Gasteiger partial charge is 0.462 e. The van der Waals surface area contributed by atoms with E-state index >= 15 is 0 Å². The minimum Gasteiger partial charge on any atom is -0.462 e. The lowest BCUT2D eigenvalue weighted by molar-refractivity contribution is -0.138. The van der Waals surface area contributed by atoms with Crippen LogP contribution in [0.4, 0.5) is 11.4 Å². The van der Waals surface area contributed by atoms with Gasteiger partial charge in [0, 0.05) is 23.1 Å². The lowest BCUT2D eigenvalue weighted by atomic mass is 9.87. The molecule has 2 rings (SSSR count). The minimum atomic E-state index is -0.677. The molecule has 1 amide bonds. The molecule has 0 atom stereocenters. The second-order valence-electron chi connectivity index (χ2n) is 7.39. The van der Waals surface area contributed by atoms with Gasteiger partial charge in [-0.25, -0.2) is 4.79 Å². The van der Waals surface area contributed by atoms with Crippen molar-refractivity contribution in [2.24, 2.45) is 0 Å². The van der Waals surface area contributed by atoms with Crippen LogP contribution in [0.2, 0.25) is 0 Å². The van der Waals surface area contributed by atoms with Gasteiger partial charge in [-0.15, -0.1) is 0 Å². The number of ether oxygens (including phenoxy) is 1. The van der Waals surface area contributed by atoms with Gasteiger partial charge in [0.15, 0.2) is 5.57 Å². The molecule has 0 aliphatic carbocycles. The van der Waals surface area contributed by atoms with Crippen LogP contribution in [0.3, 0.4) is 0 Å². The van der Waals surface area contributed by atoms with Crippen LogP contribution in [0.1, 0.15) is 43.6 Å². The number of nitrogens with one attached hydrogen (secondary N) is 2. The van der Waals surface area contributed by atoms with Crippen molar-refractivity contribution < 1.29 is 14.3 Å². The van der Waals surface area contributed by atoms with Gasteiger partial charge in [0.1, 0.15) is 6.07 Å². The van der Waals surface area contributed by atoms with Crippen molar-refractivity contribution >= 4 is 23.3 Å². The standard InChI is InChI=1S/C23H25N3O3/c1-5-29-22(28)17(14-24)15-25-19-10-12-20(13-11-19)26-21(27)16-6-8-18(9-7-16)23(2,3)4/h6-13,15,25H,5H2,1-4H3,(H,26,27)/b17-15+. The highest BCUT2D eigenvalue weighted by Crippen LogP contribution is 2.22. The molecular weight excluding hydrogens is 366 g/mol. The van der Waals surface area contributed by atoms with Gasteiger partial charge >= 0.3 is 5.97 Å². The van der Waals surface area contributed by atoms with Gasteiger partial charge < -0.3 is 15.4 Å². The summed E-state index contributed by atoms with van der Waals surface area (Å²) in [5.74, 6) is -0.871. The molecule has 0 saturated carbocycles. The average molecular weight is 391 g/mol. The molecule has 6 heteroatoms. The van der Waals surface area contributed by atoms with Crippen LogP contribution in [0, 0.1) is 11.3 Å². The molecule has 0 aliphatic rings. The summed E-state index contributed by atoms with van der Waals surface area (Å²) in [5.41, 5.74) is 2.95. The first-order valence-electron chi connectivity index (χ1n) is 9.30. The Hall–Kier alpha value is -3.59. The number of amides is 1. The van der Waals surface area contributed by atoms with E-state index in [1.807, 2.05) is 24.3 Å². The van der Waals surface area contributed by atoms with E-state index in [0.29, 0.717) is 16.9 Å². The zero-order valence-corrected chi connectivity index (χ0v) is 17.1. The Bertz CT molecular complexity index is 931. The Morgan fingerprint density at radius 3 is 2.14 bits per heavy atom. The lowest BCUT2D eigenvalue weighted by Crippen LogP contribution is -2.14. The summed E-state index contributed by atoms with van der Waals surface area (Å²) in [6.07, 6.45) is 1.29. The molecule has 6 nitrogen and oxygen atoms in total. The molecule has 2 aromatic carbocycles. The number of carbonyl (C=O) groups is 2. The Labute approximate surface area is 171 Å². The molecule has 0 fully saturated rings. The second kappa shape index (κ2) is 9.56. The maximum atomic E-state index is 12.4. The van der Waals surface area contributed by atoms with Crippen LogP contribution >= 0.6 is 0 Å². The molecule has 0 spiro atoms. The molecule has 0 heterocycles. The van der Waals surface area contributed by atoms with Gasteiger partial charge in [-0.2, -0.15) is 5.26 Å². The van der Waals surface area contributed by atoms with E-state index in [-0.39, 0.29) is 23.5 Å². The van der Waals surface area contributed by atoms with Crippen LogP contribution < -0.4 is 10.6 Å². The topological polar surface area (TPSA) is 91.2 Å². The van der Waals surface area contributed by atoms with Crippen molar-refractivity contribution in [2.75, 3.05) is 17.2 Å². The zero-order chi connectivity index (χ0) is 21.4. The first-order valence-corrected chi connectivity index (χ1v) is 9.30. The van der Waals surface area contributed by atoms with Crippen molar-refractivity contribution in [3.8, 4) is 6.07 Å². The van der Waals surface area contributed by atoms with Crippen molar-refractivity contribution in [1.29, 1.82) is 5.26 Å². The fourth-order valence-electron chi connectivity index (χ4n) is 2.48. The van der Waals surface area contributed by atoms with Gasteiger partial charge in [-0.1, -0.05) is 32.9 Å². The smallest absolute Gasteiger partial charge is 0.350 e. The van der Waals surface area contributed by atoms with E-state index in [1.165, 1.54) is 6.20 Å². The van der Waals surface area contributed by atoms with Gasteiger partial charge in [0.25, 0.3) is 5.91 Å². The number of hydrogen-bond acceptors (Lipinski definition) is 5. The van der Waals surface area contributed by atoms with Gasteiger partial charge in [0.05, 0.1) is 6.61 Å². The number of benzene rings is 2. The van der Waals surface area contributed by atoms with Crippen LogP contribution in [0.25, 0.3) is 0 Å². The second-order valence-corrected chi connectivity index (χ2v) is 7.39. The predicted molar refractivity (Wildman–Crippen MR) is 113 cm³/mol. The Morgan fingerprint density at radius 2 is 1.62 bits per heavy atom. The van der Waals surface area contributed by atoms with Gasteiger partial charge in [-0.3, -0.25) is 4.79 Å². The van der Waals surface area contributed by atoms with Crippen LogP contribution in [0.5, 0.6) is 0 Å². The number of nitrogens with zero attached hydrogens (tertiary/aromatic N) is 1. The molecular formula is C23H25N3O3. The van der Waals surface area contributed by atoms with Gasteiger partial charge in [0.2, 0.25) is 0 Å². The zero-order valence-electron chi connectivity index (χ0n) is 17.1. The van der Waals surface area contributed by atoms with Crippen LogP contribution in [0.15, 0.2) is 60.3 Å². The summed E-state index contributed by atoms with van der Waals surface area (Å²) in [6, 6.07) is 16.3. The Morgan fingerprint density at radius 1 is 1.03 bits per heavy atom. The molecule has 0 radical (unpaired) electrons. The van der Waals surface area contributed by atoms with Gasteiger partial charge in [-0.05, 0) is 54.3 Å². The Kier molecular flexibility index (Phi) is 7.15. The molecule has 0 aromatic heterocycles. The van der Waals surface area contributed by atoms with Crippen molar-refractivity contribution in [1.82, 2.24) is 0 Å². The van der Waals surface area contributed by atoms with Crippen molar-refractivity contribution in [3.63, 3.8) is 0 Å². The molecule has 0 unspecified atom stereocenters. The lowest BCUT2D eigenvalue weighted by Gasteiger charge is -2.19. The summed E-state index contributed by atoms with van der Waals surface area (Å²) in [5, 5.41) is 14.7. The van der Waals surface area contributed by atoms with E-state index in [4.69, 9.17) is 10.00 Å². The fraction of sp³-hybridized carbons (Fsp3) is 0.261. The van der Waals surface area contributed by atoms with E-state index in [2.05, 4.69) is 31.4 Å². The number of anilines is 2. The van der Waals surface area contributed by atoms with Crippen molar-refractivity contribution in [2.45, 2.75) is 33.1 Å². The van der Waals surface area contributed by atoms with Crippen LogP contribution in [-0.4, -0.2) is 18.5 Å². The molecule has 0 aliphatic heterocycles. The highest BCUT2D eigenvalue weighted by molar-refractivity contribution is 6.04. The monoisotopic (exact) mass is 391 g/mol. The SMILES string of the molecule is CCOC(=O)/C(C#N)=C/Nc1ccc(NC(=O)c2ccc(C(C)(C)C)cc2)cc1. The third kappa shape index (κ3) is 6.22. The molecule has 150 valence electrons. The molecule has 2 N–H and O–H groups in total. The molecule has 0 saturated heterocycles. The van der Waals surface area contributed by atoms with E-state index in [0.717, 1.165) is 5.56 Å². The predicted octanol–water partition coefficient (Wildman–Crippen LogP) is 4.62. The first-order chi connectivity index (χ1) is 13.7. The molecule has 29 heavy (non-hydrogen) atoms. The summed E-state index contributed by atoms with van der Waals surface area (Å²) in [4.78, 5) is 24.0. The van der Waals surface area contributed by atoms with Crippen LogP contribution in [-0.2, 0) is 14.9 Å².